The van der Waals surface area contributed by atoms with E-state index in [4.69, 9.17) is 0 Å². The molecule has 3 amide bonds. The van der Waals surface area contributed by atoms with Crippen LogP contribution >= 0.6 is 11.3 Å². The van der Waals surface area contributed by atoms with Crippen LogP contribution in [0.3, 0.4) is 0 Å². The lowest BCUT2D eigenvalue weighted by Crippen LogP contribution is -2.87. The van der Waals surface area contributed by atoms with E-state index >= 15 is 0 Å². The summed E-state index contributed by atoms with van der Waals surface area (Å²) in [6.07, 6.45) is 3.12. The van der Waals surface area contributed by atoms with Crippen molar-refractivity contribution in [1.29, 1.82) is 0 Å². The fourth-order valence-corrected chi connectivity index (χ4v) is 3.85. The number of imide groups is 1. The highest BCUT2D eigenvalue weighted by atomic mass is 32.1. The van der Waals surface area contributed by atoms with E-state index in [2.05, 4.69) is 54.8 Å². The van der Waals surface area contributed by atoms with Gasteiger partial charge >= 0.3 is 6.03 Å². The smallest absolute Gasteiger partial charge is 0.321 e. The molecule has 0 unspecified atom stereocenters. The van der Waals surface area contributed by atoms with Gasteiger partial charge in [-0.2, -0.15) is 0 Å². The normalized spacial score (nSPS) is 15.8. The number of hydrogen-bond acceptors (Lipinski definition) is 3. The number of rotatable bonds is 8. The van der Waals surface area contributed by atoms with Crippen molar-refractivity contribution in [2.75, 3.05) is 6.54 Å². The van der Waals surface area contributed by atoms with Crippen LogP contribution in [-0.2, 0) is 4.79 Å². The Kier molecular flexibility index (Phi) is 6.63. The summed E-state index contributed by atoms with van der Waals surface area (Å²) in [6.45, 7) is 4.63. The van der Waals surface area contributed by atoms with Gasteiger partial charge in [-0.25, -0.2) is 4.79 Å². The Morgan fingerprint density at radius 1 is 1.19 bits per heavy atom. The summed E-state index contributed by atoms with van der Waals surface area (Å²) in [7, 11) is 0. The van der Waals surface area contributed by atoms with Crippen molar-refractivity contribution < 1.29 is 14.9 Å². The van der Waals surface area contributed by atoms with Crippen LogP contribution in [0.5, 0.6) is 0 Å². The standard InChI is InChI=1S/C21H27N3O2S/c1-3-14(2)15-6-8-16(9-7-15)20(18-5-4-12-27-18)22-13-19(25)24-21(26)23-17-10-11-17/h4-9,12,14,17,20,22H,3,10-11,13H2,1-2H3,(H2,23,24,25,26)/p+1/t14-,20-/m0/s1. The summed E-state index contributed by atoms with van der Waals surface area (Å²) in [5.74, 6) is 0.268. The molecule has 1 aromatic heterocycles. The van der Waals surface area contributed by atoms with E-state index in [1.807, 2.05) is 16.8 Å². The number of urea groups is 1. The first-order valence-corrected chi connectivity index (χ1v) is 10.5. The second kappa shape index (κ2) is 9.15. The number of benzene rings is 1. The number of quaternary nitrogens is 1. The summed E-state index contributed by atoms with van der Waals surface area (Å²) in [6, 6.07) is 12.7. The summed E-state index contributed by atoms with van der Waals surface area (Å²) < 4.78 is 0. The van der Waals surface area contributed by atoms with Crippen LogP contribution in [0.2, 0.25) is 0 Å². The van der Waals surface area contributed by atoms with Gasteiger partial charge in [-0.15, -0.1) is 11.3 Å². The van der Waals surface area contributed by atoms with Crippen molar-refractivity contribution in [2.45, 2.75) is 51.1 Å². The molecule has 1 saturated carbocycles. The van der Waals surface area contributed by atoms with E-state index in [1.54, 1.807) is 11.3 Å². The molecule has 1 aliphatic carbocycles. The molecular formula is C21H28N3O2S+. The van der Waals surface area contributed by atoms with Crippen molar-refractivity contribution in [1.82, 2.24) is 10.6 Å². The van der Waals surface area contributed by atoms with Crippen LogP contribution in [0, 0.1) is 0 Å². The van der Waals surface area contributed by atoms with Gasteiger partial charge in [0.05, 0.1) is 4.88 Å². The van der Waals surface area contributed by atoms with E-state index in [0.29, 0.717) is 5.92 Å². The number of thiophene rings is 1. The zero-order chi connectivity index (χ0) is 19.2. The predicted molar refractivity (Wildman–Crippen MR) is 108 cm³/mol. The van der Waals surface area contributed by atoms with Crippen molar-refractivity contribution in [3.05, 3.63) is 57.8 Å². The van der Waals surface area contributed by atoms with Gasteiger partial charge in [0.2, 0.25) is 0 Å². The molecule has 1 fully saturated rings. The van der Waals surface area contributed by atoms with Gasteiger partial charge in [0, 0.05) is 11.6 Å². The van der Waals surface area contributed by atoms with Gasteiger partial charge in [0.15, 0.2) is 6.54 Å². The predicted octanol–water partition coefficient (Wildman–Crippen LogP) is 2.90. The second-order valence-electron chi connectivity index (χ2n) is 7.20. The zero-order valence-corrected chi connectivity index (χ0v) is 16.7. The van der Waals surface area contributed by atoms with E-state index in [9.17, 15) is 9.59 Å². The van der Waals surface area contributed by atoms with Gasteiger partial charge < -0.3 is 10.6 Å². The summed E-state index contributed by atoms with van der Waals surface area (Å²) >= 11 is 1.68. The van der Waals surface area contributed by atoms with E-state index in [1.165, 1.54) is 16.0 Å². The summed E-state index contributed by atoms with van der Waals surface area (Å²) in [4.78, 5) is 25.1. The Labute approximate surface area is 164 Å². The highest BCUT2D eigenvalue weighted by Gasteiger charge is 2.25. The first-order valence-electron chi connectivity index (χ1n) is 9.63. The average Bonchev–Trinajstić information content (AvgIpc) is 3.31. The maximum atomic E-state index is 12.1. The van der Waals surface area contributed by atoms with Crippen LogP contribution in [0.15, 0.2) is 41.8 Å². The summed E-state index contributed by atoms with van der Waals surface area (Å²) in [5.41, 5.74) is 2.50. The van der Waals surface area contributed by atoms with Crippen LogP contribution in [0.4, 0.5) is 4.79 Å². The molecule has 5 nitrogen and oxygen atoms in total. The van der Waals surface area contributed by atoms with E-state index in [-0.39, 0.29) is 30.6 Å². The largest absolute Gasteiger partial charge is 0.335 e. The average molecular weight is 387 g/mol. The van der Waals surface area contributed by atoms with Gasteiger partial charge in [-0.05, 0) is 42.2 Å². The van der Waals surface area contributed by atoms with Crippen molar-refractivity contribution in [3.63, 3.8) is 0 Å². The Morgan fingerprint density at radius 2 is 1.89 bits per heavy atom. The maximum absolute atomic E-state index is 12.1. The molecule has 0 bridgehead atoms. The number of nitrogens with one attached hydrogen (secondary N) is 2. The molecule has 0 saturated heterocycles. The van der Waals surface area contributed by atoms with Gasteiger partial charge in [-0.3, -0.25) is 10.1 Å². The highest BCUT2D eigenvalue weighted by molar-refractivity contribution is 7.10. The maximum Gasteiger partial charge on any atom is 0.321 e. The molecule has 0 spiro atoms. The molecule has 4 N–H and O–H groups in total. The number of hydrogen-bond donors (Lipinski definition) is 3. The minimum absolute atomic E-state index is 0.0493. The molecule has 2 aromatic rings. The molecule has 1 aromatic carbocycles. The number of carbonyl (C=O) groups is 2. The fourth-order valence-electron chi connectivity index (χ4n) is 3.00. The minimum atomic E-state index is -0.388. The molecule has 6 heteroatoms. The Morgan fingerprint density at radius 3 is 2.48 bits per heavy atom. The Balaban J connectivity index is 1.63. The van der Waals surface area contributed by atoms with Crippen LogP contribution in [-0.4, -0.2) is 24.5 Å². The zero-order valence-electron chi connectivity index (χ0n) is 15.9. The third-order valence-electron chi connectivity index (χ3n) is 5.03. The lowest BCUT2D eigenvalue weighted by molar-refractivity contribution is -0.676. The van der Waals surface area contributed by atoms with E-state index in [0.717, 1.165) is 19.3 Å². The molecule has 2 atom stereocenters. The number of amides is 3. The molecule has 0 aliphatic heterocycles. The monoisotopic (exact) mass is 386 g/mol. The molecule has 3 rings (SSSR count). The quantitative estimate of drug-likeness (QED) is 0.653. The second-order valence-corrected chi connectivity index (χ2v) is 8.18. The Hall–Kier alpha value is -2.18. The van der Waals surface area contributed by atoms with Gasteiger partial charge in [-0.1, -0.05) is 44.2 Å². The lowest BCUT2D eigenvalue weighted by atomic mass is 9.95. The molecule has 144 valence electrons. The number of nitrogens with two attached hydrogens (primary N) is 1. The lowest BCUT2D eigenvalue weighted by Gasteiger charge is -2.16. The van der Waals surface area contributed by atoms with Crippen molar-refractivity contribution in [3.8, 4) is 0 Å². The molecule has 27 heavy (non-hydrogen) atoms. The van der Waals surface area contributed by atoms with Crippen molar-refractivity contribution in [2.24, 2.45) is 0 Å². The number of carbonyl (C=O) groups excluding carboxylic acids is 2. The van der Waals surface area contributed by atoms with Crippen LogP contribution < -0.4 is 16.0 Å². The van der Waals surface area contributed by atoms with Gasteiger partial charge in [0.25, 0.3) is 5.91 Å². The third kappa shape index (κ3) is 5.65. The highest BCUT2D eigenvalue weighted by Crippen LogP contribution is 2.25. The van der Waals surface area contributed by atoms with E-state index < -0.39 is 0 Å². The van der Waals surface area contributed by atoms with Crippen LogP contribution in [0.1, 0.15) is 61.1 Å². The molecular weight excluding hydrogens is 358 g/mol. The molecule has 0 radical (unpaired) electrons. The fraction of sp³-hybridized carbons (Fsp3) is 0.429. The first-order chi connectivity index (χ1) is 13.1. The van der Waals surface area contributed by atoms with Crippen LogP contribution in [0.25, 0.3) is 0 Å². The van der Waals surface area contributed by atoms with Gasteiger partial charge in [0.1, 0.15) is 6.04 Å². The SMILES string of the molecule is CC[C@H](C)c1ccc([C@H]([NH2+]CC(=O)NC(=O)NC2CC2)c2cccs2)cc1. The van der Waals surface area contributed by atoms with Crippen molar-refractivity contribution >= 4 is 23.3 Å². The molecule has 1 aliphatic rings. The minimum Gasteiger partial charge on any atom is -0.335 e. The molecule has 1 heterocycles. The first kappa shape index (κ1) is 19.6. The third-order valence-corrected chi connectivity index (χ3v) is 5.99. The Bertz CT molecular complexity index is 754. The summed E-state index contributed by atoms with van der Waals surface area (Å²) in [5, 5.41) is 9.23. The topological polar surface area (TPSA) is 74.8 Å².